The Bertz CT molecular complexity index is 833. The minimum atomic E-state index is 0.386. The number of hydrogen-bond acceptors (Lipinski definition) is 5. The lowest BCUT2D eigenvalue weighted by atomic mass is 10.2. The fourth-order valence-electron chi connectivity index (χ4n) is 1.96. The molecule has 1 aromatic carbocycles. The summed E-state index contributed by atoms with van der Waals surface area (Å²) in [4.78, 5) is 0. The number of benzene rings is 1. The summed E-state index contributed by atoms with van der Waals surface area (Å²) in [6.45, 7) is 2.53. The van der Waals surface area contributed by atoms with E-state index in [1.54, 1.807) is 24.6 Å². The first-order valence-electron chi connectivity index (χ1n) is 6.77. The molecule has 0 unspecified atom stereocenters. The van der Waals surface area contributed by atoms with E-state index >= 15 is 0 Å². The fraction of sp³-hybridized carbons (Fsp3) is 0.133. The van der Waals surface area contributed by atoms with Crippen LogP contribution in [-0.2, 0) is 0 Å². The van der Waals surface area contributed by atoms with Gasteiger partial charge < -0.3 is 9.15 Å². The summed E-state index contributed by atoms with van der Waals surface area (Å²) in [5.41, 5.74) is 0.859. The van der Waals surface area contributed by atoms with E-state index < -0.39 is 0 Å². The van der Waals surface area contributed by atoms with E-state index in [4.69, 9.17) is 21.4 Å². The van der Waals surface area contributed by atoms with E-state index in [1.165, 1.54) is 4.68 Å². The molecule has 0 atom stereocenters. The molecule has 3 aromatic rings. The summed E-state index contributed by atoms with van der Waals surface area (Å²) in [7, 11) is 0. The molecule has 0 aliphatic carbocycles. The van der Waals surface area contributed by atoms with Crippen molar-refractivity contribution >= 4 is 18.4 Å². The number of nitrogens with zero attached hydrogens (tertiary/aromatic N) is 3. The molecular weight excluding hydrogens is 300 g/mol. The number of ether oxygens (including phenoxy) is 1. The van der Waals surface area contributed by atoms with Crippen molar-refractivity contribution in [2.75, 3.05) is 6.61 Å². The highest BCUT2D eigenvalue weighted by molar-refractivity contribution is 7.71. The summed E-state index contributed by atoms with van der Waals surface area (Å²) >= 11 is 5.20. The number of para-hydroxylation sites is 1. The third kappa shape index (κ3) is 2.84. The van der Waals surface area contributed by atoms with Crippen LogP contribution in [-0.4, -0.2) is 27.7 Å². The number of aromatic amines is 1. The highest BCUT2D eigenvalue weighted by Crippen LogP contribution is 2.19. The van der Waals surface area contributed by atoms with Crippen molar-refractivity contribution in [2.45, 2.75) is 6.92 Å². The number of rotatable bonds is 5. The number of H-pyrrole nitrogens is 1. The third-order valence-corrected chi connectivity index (χ3v) is 3.19. The van der Waals surface area contributed by atoms with Crippen LogP contribution in [0.25, 0.3) is 11.6 Å². The maximum atomic E-state index is 5.57. The van der Waals surface area contributed by atoms with Gasteiger partial charge in [-0.3, -0.25) is 0 Å². The number of furan rings is 1. The summed E-state index contributed by atoms with van der Waals surface area (Å²) in [6, 6.07) is 11.2. The Morgan fingerprint density at radius 2 is 2.23 bits per heavy atom. The zero-order chi connectivity index (χ0) is 15.4. The summed E-state index contributed by atoms with van der Waals surface area (Å²) < 4.78 is 12.8. The van der Waals surface area contributed by atoms with Crippen LogP contribution in [0.4, 0.5) is 0 Å². The van der Waals surface area contributed by atoms with Crippen LogP contribution in [0.2, 0.25) is 0 Å². The minimum Gasteiger partial charge on any atom is -0.493 e. The van der Waals surface area contributed by atoms with Gasteiger partial charge in [0.25, 0.3) is 0 Å². The molecule has 0 saturated heterocycles. The highest BCUT2D eigenvalue weighted by atomic mass is 32.1. The van der Waals surface area contributed by atoms with Crippen LogP contribution in [0.3, 0.4) is 0 Å². The second-order valence-electron chi connectivity index (χ2n) is 4.36. The molecule has 0 saturated carbocycles. The van der Waals surface area contributed by atoms with E-state index in [0.717, 1.165) is 11.3 Å². The molecule has 112 valence electrons. The zero-order valence-electron chi connectivity index (χ0n) is 11.9. The molecule has 0 aliphatic rings. The number of aromatic nitrogens is 3. The van der Waals surface area contributed by atoms with E-state index in [9.17, 15) is 0 Å². The Hall–Kier alpha value is -2.67. The first kappa shape index (κ1) is 14.3. The van der Waals surface area contributed by atoms with Gasteiger partial charge in [-0.1, -0.05) is 12.1 Å². The Kier molecular flexibility index (Phi) is 4.15. The number of nitrogens with one attached hydrogen (secondary N) is 1. The first-order chi connectivity index (χ1) is 10.8. The lowest BCUT2D eigenvalue weighted by Crippen LogP contribution is -1.98. The van der Waals surface area contributed by atoms with Gasteiger partial charge >= 0.3 is 0 Å². The van der Waals surface area contributed by atoms with Crippen LogP contribution < -0.4 is 4.74 Å². The van der Waals surface area contributed by atoms with Crippen molar-refractivity contribution in [2.24, 2.45) is 5.10 Å². The second kappa shape index (κ2) is 6.40. The topological polar surface area (TPSA) is 68.3 Å². The Morgan fingerprint density at radius 3 is 3.00 bits per heavy atom. The second-order valence-corrected chi connectivity index (χ2v) is 4.74. The Morgan fingerprint density at radius 1 is 1.36 bits per heavy atom. The molecule has 0 bridgehead atoms. The standard InChI is InChI=1S/C15H14N4O2S/c1-2-20-12-7-4-3-6-11(12)10-16-19-14(17-18-15(19)22)13-8-5-9-21-13/h3-10H,2H2,1H3,(H,18,22). The minimum absolute atomic E-state index is 0.386. The van der Waals surface area contributed by atoms with Crippen molar-refractivity contribution in [3.05, 3.63) is 53.0 Å². The summed E-state index contributed by atoms with van der Waals surface area (Å²) in [6.07, 6.45) is 3.26. The Balaban J connectivity index is 1.97. The van der Waals surface area contributed by atoms with Gasteiger partial charge in [-0.05, 0) is 43.4 Å². The van der Waals surface area contributed by atoms with Gasteiger partial charge in [-0.15, -0.1) is 5.10 Å². The van der Waals surface area contributed by atoms with Crippen molar-refractivity contribution in [3.8, 4) is 17.3 Å². The van der Waals surface area contributed by atoms with Gasteiger partial charge in [0, 0.05) is 5.56 Å². The maximum Gasteiger partial charge on any atom is 0.219 e. The summed E-state index contributed by atoms with van der Waals surface area (Å²) in [5, 5.41) is 11.2. The van der Waals surface area contributed by atoms with Crippen molar-refractivity contribution < 1.29 is 9.15 Å². The maximum absolute atomic E-state index is 5.57. The molecular formula is C15H14N4O2S. The van der Waals surface area contributed by atoms with E-state index in [1.807, 2.05) is 31.2 Å². The van der Waals surface area contributed by atoms with Gasteiger partial charge in [0.2, 0.25) is 10.6 Å². The van der Waals surface area contributed by atoms with E-state index in [-0.39, 0.29) is 0 Å². The summed E-state index contributed by atoms with van der Waals surface area (Å²) in [5.74, 6) is 1.87. The molecule has 0 amide bonds. The third-order valence-electron chi connectivity index (χ3n) is 2.92. The zero-order valence-corrected chi connectivity index (χ0v) is 12.7. The van der Waals surface area contributed by atoms with Gasteiger partial charge in [0.15, 0.2) is 5.76 Å². The molecule has 1 N–H and O–H groups in total. The lowest BCUT2D eigenvalue weighted by molar-refractivity contribution is 0.340. The average Bonchev–Trinajstić information content (AvgIpc) is 3.16. The molecule has 0 radical (unpaired) electrons. The molecule has 3 rings (SSSR count). The van der Waals surface area contributed by atoms with E-state index in [0.29, 0.717) is 23.0 Å². The van der Waals surface area contributed by atoms with Crippen molar-refractivity contribution in [1.29, 1.82) is 0 Å². The smallest absolute Gasteiger partial charge is 0.219 e. The molecule has 0 fully saturated rings. The van der Waals surface area contributed by atoms with Gasteiger partial charge in [-0.25, -0.2) is 5.10 Å². The van der Waals surface area contributed by atoms with Gasteiger partial charge in [0.05, 0.1) is 19.1 Å². The molecule has 7 heteroatoms. The van der Waals surface area contributed by atoms with Gasteiger partial charge in [0.1, 0.15) is 5.75 Å². The molecule has 22 heavy (non-hydrogen) atoms. The van der Waals surface area contributed by atoms with Crippen LogP contribution in [0, 0.1) is 4.77 Å². The molecule has 2 heterocycles. The predicted octanol–water partition coefficient (Wildman–Crippen LogP) is 3.48. The first-order valence-corrected chi connectivity index (χ1v) is 7.18. The molecule has 0 spiro atoms. The van der Waals surface area contributed by atoms with Crippen LogP contribution in [0.15, 0.2) is 52.2 Å². The fourth-order valence-corrected chi connectivity index (χ4v) is 2.14. The normalized spacial score (nSPS) is 11.1. The lowest BCUT2D eigenvalue weighted by Gasteiger charge is -2.05. The SMILES string of the molecule is CCOc1ccccc1C=Nn1c(-c2ccco2)n[nH]c1=S. The van der Waals surface area contributed by atoms with Crippen molar-refractivity contribution in [3.63, 3.8) is 0 Å². The van der Waals surface area contributed by atoms with Crippen LogP contribution in [0.5, 0.6) is 5.75 Å². The average molecular weight is 314 g/mol. The van der Waals surface area contributed by atoms with Crippen LogP contribution in [0.1, 0.15) is 12.5 Å². The molecule has 2 aromatic heterocycles. The molecule has 6 nitrogen and oxygen atoms in total. The Labute approximate surface area is 132 Å². The molecule has 0 aliphatic heterocycles. The van der Waals surface area contributed by atoms with Crippen LogP contribution >= 0.6 is 12.2 Å². The van der Waals surface area contributed by atoms with Crippen molar-refractivity contribution in [1.82, 2.24) is 14.9 Å². The predicted molar refractivity (Wildman–Crippen MR) is 85.7 cm³/mol. The highest BCUT2D eigenvalue weighted by Gasteiger charge is 2.10. The number of hydrogen-bond donors (Lipinski definition) is 1. The largest absolute Gasteiger partial charge is 0.493 e. The monoisotopic (exact) mass is 314 g/mol. The van der Waals surface area contributed by atoms with E-state index in [2.05, 4.69) is 15.3 Å². The van der Waals surface area contributed by atoms with Gasteiger partial charge in [-0.2, -0.15) is 9.78 Å². The quantitative estimate of drug-likeness (QED) is 0.578.